The molecule has 3 amide bonds. The molecule has 1 saturated heterocycles. The minimum Gasteiger partial charge on any atom is -0.480 e. The van der Waals surface area contributed by atoms with E-state index in [1.54, 1.807) is 19.1 Å². The number of sulfonamides is 1. The number of carbonyl (C=O) groups excluding carboxylic acids is 3. The van der Waals surface area contributed by atoms with Gasteiger partial charge in [-0.1, -0.05) is 6.07 Å². The molecule has 0 radical (unpaired) electrons. The molecule has 1 fully saturated rings. The van der Waals surface area contributed by atoms with Crippen molar-refractivity contribution in [3.8, 4) is 0 Å². The highest BCUT2D eigenvalue weighted by Crippen LogP contribution is 2.29. The standard InChI is InChI=1S/C20H19N3O7S/c1-12-2-5-14(23-17(24)8-9-18(23)25)10-16(12)22-31(29,30)15-6-3-13(4-7-15)20(28)21-11-19(26)27/h2-7,10,22H,8-9,11H2,1H3,(H,21,28)(H,26,27). The lowest BCUT2D eigenvalue weighted by molar-refractivity contribution is -0.135. The van der Waals surface area contributed by atoms with Crippen molar-refractivity contribution in [2.45, 2.75) is 24.7 Å². The minimum atomic E-state index is -4.04. The molecule has 0 unspecified atom stereocenters. The molecular weight excluding hydrogens is 426 g/mol. The molecule has 11 heteroatoms. The quantitative estimate of drug-likeness (QED) is 0.543. The Hall–Kier alpha value is -3.73. The van der Waals surface area contributed by atoms with Crippen molar-refractivity contribution in [2.75, 3.05) is 16.2 Å². The summed E-state index contributed by atoms with van der Waals surface area (Å²) in [6.45, 7) is 1.11. The van der Waals surface area contributed by atoms with E-state index >= 15 is 0 Å². The Morgan fingerprint density at radius 2 is 1.65 bits per heavy atom. The highest BCUT2D eigenvalue weighted by atomic mass is 32.2. The summed E-state index contributed by atoms with van der Waals surface area (Å²) in [4.78, 5) is 47.2. The molecule has 31 heavy (non-hydrogen) atoms. The summed E-state index contributed by atoms with van der Waals surface area (Å²) in [6, 6.07) is 9.53. The van der Waals surface area contributed by atoms with E-state index in [2.05, 4.69) is 10.0 Å². The van der Waals surface area contributed by atoms with Crippen molar-refractivity contribution in [1.29, 1.82) is 0 Å². The highest BCUT2D eigenvalue weighted by molar-refractivity contribution is 7.92. The molecule has 162 valence electrons. The molecule has 0 atom stereocenters. The van der Waals surface area contributed by atoms with Crippen molar-refractivity contribution >= 4 is 45.1 Å². The van der Waals surface area contributed by atoms with E-state index in [4.69, 9.17) is 5.11 Å². The fourth-order valence-electron chi connectivity index (χ4n) is 2.97. The Morgan fingerprint density at radius 3 is 2.23 bits per heavy atom. The molecule has 2 aromatic carbocycles. The lowest BCUT2D eigenvalue weighted by atomic mass is 10.2. The van der Waals surface area contributed by atoms with Crippen LogP contribution in [0, 0.1) is 6.92 Å². The van der Waals surface area contributed by atoms with Crippen LogP contribution in [-0.4, -0.2) is 43.8 Å². The molecule has 0 spiro atoms. The number of anilines is 2. The number of nitrogens with one attached hydrogen (secondary N) is 2. The number of aryl methyl sites for hydroxylation is 1. The van der Waals surface area contributed by atoms with Crippen LogP contribution >= 0.6 is 0 Å². The van der Waals surface area contributed by atoms with Crippen LogP contribution in [0.15, 0.2) is 47.4 Å². The first kappa shape index (κ1) is 22.0. The third-order valence-electron chi connectivity index (χ3n) is 4.60. The number of carboxylic acids is 1. The number of aliphatic carboxylic acids is 1. The van der Waals surface area contributed by atoms with Gasteiger partial charge in [0.15, 0.2) is 0 Å². The fraction of sp³-hybridized carbons (Fsp3) is 0.200. The second kappa shape index (κ2) is 8.56. The number of rotatable bonds is 7. The zero-order valence-electron chi connectivity index (χ0n) is 16.4. The van der Waals surface area contributed by atoms with Gasteiger partial charge in [-0.2, -0.15) is 0 Å². The van der Waals surface area contributed by atoms with Gasteiger partial charge in [-0.15, -0.1) is 0 Å². The van der Waals surface area contributed by atoms with Crippen molar-refractivity contribution in [1.82, 2.24) is 5.32 Å². The summed E-state index contributed by atoms with van der Waals surface area (Å²) >= 11 is 0. The van der Waals surface area contributed by atoms with Crippen LogP contribution in [-0.2, 0) is 24.4 Å². The summed E-state index contributed by atoms with van der Waals surface area (Å²) in [5, 5.41) is 10.8. The van der Waals surface area contributed by atoms with Crippen molar-refractivity contribution in [2.24, 2.45) is 0 Å². The third-order valence-corrected chi connectivity index (χ3v) is 5.98. The molecule has 1 aliphatic rings. The van der Waals surface area contributed by atoms with Gasteiger partial charge in [0.05, 0.1) is 16.3 Å². The Balaban J connectivity index is 1.81. The summed E-state index contributed by atoms with van der Waals surface area (Å²) < 4.78 is 28.0. The molecule has 0 bridgehead atoms. The molecule has 1 heterocycles. The maximum Gasteiger partial charge on any atom is 0.322 e. The molecule has 1 aliphatic heterocycles. The SMILES string of the molecule is Cc1ccc(N2C(=O)CCC2=O)cc1NS(=O)(=O)c1ccc(C(=O)NCC(=O)O)cc1. The van der Waals surface area contributed by atoms with Gasteiger partial charge < -0.3 is 10.4 Å². The predicted octanol–water partition coefficient (Wildman–Crippen LogP) is 1.26. The summed E-state index contributed by atoms with van der Waals surface area (Å²) in [6.07, 6.45) is 0.223. The van der Waals surface area contributed by atoms with Crippen LogP contribution in [0.1, 0.15) is 28.8 Å². The molecule has 0 aromatic heterocycles. The van der Waals surface area contributed by atoms with Crippen LogP contribution in [0.5, 0.6) is 0 Å². The fourth-order valence-corrected chi connectivity index (χ4v) is 4.09. The number of hydrogen-bond acceptors (Lipinski definition) is 6. The number of benzene rings is 2. The van der Waals surface area contributed by atoms with Crippen LogP contribution in [0.25, 0.3) is 0 Å². The third kappa shape index (κ3) is 4.89. The van der Waals surface area contributed by atoms with Gasteiger partial charge in [-0.05, 0) is 48.9 Å². The minimum absolute atomic E-state index is 0.101. The zero-order chi connectivity index (χ0) is 22.8. The molecule has 2 aromatic rings. The first-order chi connectivity index (χ1) is 14.6. The van der Waals surface area contributed by atoms with E-state index < -0.39 is 28.4 Å². The van der Waals surface area contributed by atoms with Gasteiger partial charge in [-0.3, -0.25) is 28.8 Å². The summed E-state index contributed by atoms with van der Waals surface area (Å²) in [7, 11) is -4.04. The van der Waals surface area contributed by atoms with Crippen LogP contribution in [0.3, 0.4) is 0 Å². The van der Waals surface area contributed by atoms with Gasteiger partial charge in [0.2, 0.25) is 11.8 Å². The molecule has 0 aliphatic carbocycles. The Morgan fingerprint density at radius 1 is 1.03 bits per heavy atom. The second-order valence-corrected chi connectivity index (χ2v) is 8.51. The average molecular weight is 445 g/mol. The van der Waals surface area contributed by atoms with E-state index in [-0.39, 0.29) is 46.5 Å². The molecule has 3 rings (SSSR count). The smallest absolute Gasteiger partial charge is 0.322 e. The van der Waals surface area contributed by atoms with E-state index in [0.717, 1.165) is 4.90 Å². The Kier molecular flexibility index (Phi) is 6.07. The lowest BCUT2D eigenvalue weighted by Crippen LogP contribution is -2.29. The van der Waals surface area contributed by atoms with Crippen LogP contribution < -0.4 is 14.9 Å². The molecule has 10 nitrogen and oxygen atoms in total. The summed E-state index contributed by atoms with van der Waals surface area (Å²) in [5.74, 6) is -2.55. The van der Waals surface area contributed by atoms with E-state index in [1.165, 1.54) is 30.3 Å². The van der Waals surface area contributed by atoms with Crippen molar-refractivity contribution in [3.05, 3.63) is 53.6 Å². The van der Waals surface area contributed by atoms with Crippen LogP contribution in [0.2, 0.25) is 0 Å². The van der Waals surface area contributed by atoms with Gasteiger partial charge in [-0.25, -0.2) is 8.42 Å². The van der Waals surface area contributed by atoms with Gasteiger partial charge in [0, 0.05) is 18.4 Å². The van der Waals surface area contributed by atoms with Crippen molar-refractivity contribution < 1.29 is 32.7 Å². The first-order valence-electron chi connectivity index (χ1n) is 9.18. The number of hydrogen-bond donors (Lipinski definition) is 3. The van der Waals surface area contributed by atoms with E-state index in [1.807, 2.05) is 0 Å². The first-order valence-corrected chi connectivity index (χ1v) is 10.7. The Labute approximate surface area is 177 Å². The summed E-state index contributed by atoms with van der Waals surface area (Å²) in [5.41, 5.74) is 1.16. The normalized spacial score (nSPS) is 13.9. The Bertz CT molecular complexity index is 1160. The highest BCUT2D eigenvalue weighted by Gasteiger charge is 2.30. The number of nitrogens with zero attached hydrogens (tertiary/aromatic N) is 1. The van der Waals surface area contributed by atoms with Gasteiger partial charge in [0.1, 0.15) is 6.54 Å². The van der Waals surface area contributed by atoms with Crippen LogP contribution in [0.4, 0.5) is 11.4 Å². The van der Waals surface area contributed by atoms with Crippen molar-refractivity contribution in [3.63, 3.8) is 0 Å². The second-order valence-electron chi connectivity index (χ2n) is 6.83. The lowest BCUT2D eigenvalue weighted by Gasteiger charge is -2.17. The number of carboxylic acid groups (broad SMARTS) is 1. The zero-order valence-corrected chi connectivity index (χ0v) is 17.2. The topological polar surface area (TPSA) is 150 Å². The average Bonchev–Trinajstić information content (AvgIpc) is 3.06. The van der Waals surface area contributed by atoms with Gasteiger partial charge >= 0.3 is 5.97 Å². The maximum atomic E-state index is 12.8. The number of carbonyl (C=O) groups is 4. The van der Waals surface area contributed by atoms with E-state index in [0.29, 0.717) is 5.56 Å². The van der Waals surface area contributed by atoms with E-state index in [9.17, 15) is 27.6 Å². The maximum absolute atomic E-state index is 12.8. The molecule has 0 saturated carbocycles. The molecular formula is C20H19N3O7S. The monoisotopic (exact) mass is 445 g/mol. The number of imide groups is 1. The van der Waals surface area contributed by atoms with Gasteiger partial charge in [0.25, 0.3) is 15.9 Å². The largest absolute Gasteiger partial charge is 0.480 e. The number of amides is 3. The molecule has 3 N–H and O–H groups in total. The predicted molar refractivity (Wildman–Crippen MR) is 110 cm³/mol.